The molecule has 94 valence electrons. The zero-order valence-corrected chi connectivity index (χ0v) is 10.2. The van der Waals surface area contributed by atoms with Crippen LogP contribution in [0.25, 0.3) is 0 Å². The maximum absolute atomic E-state index is 11.1. The van der Waals surface area contributed by atoms with Gasteiger partial charge in [-0.3, -0.25) is 0 Å². The Kier molecular flexibility index (Phi) is 3.48. The van der Waals surface area contributed by atoms with Gasteiger partial charge in [0.15, 0.2) is 5.76 Å². The molecule has 0 spiro atoms. The molecule has 1 aromatic heterocycles. The van der Waals surface area contributed by atoms with Gasteiger partial charge in [-0.05, 0) is 18.6 Å². The summed E-state index contributed by atoms with van der Waals surface area (Å²) in [5.74, 6) is -0.705. The predicted octanol–water partition coefficient (Wildman–Crippen LogP) is 3.02. The number of carbonyl (C=O) groups is 1. The van der Waals surface area contributed by atoms with E-state index in [-0.39, 0.29) is 5.56 Å². The van der Waals surface area contributed by atoms with Gasteiger partial charge in [0.25, 0.3) is 0 Å². The lowest BCUT2D eigenvalue weighted by atomic mass is 10.0. The van der Waals surface area contributed by atoms with E-state index >= 15 is 0 Å². The fourth-order valence-electron chi connectivity index (χ4n) is 1.93. The Morgan fingerprint density at radius 1 is 1.39 bits per heavy atom. The van der Waals surface area contributed by atoms with E-state index in [4.69, 9.17) is 14.3 Å². The number of benzene rings is 1. The maximum Gasteiger partial charge on any atom is 0.339 e. The zero-order chi connectivity index (χ0) is 13.1. The smallest absolute Gasteiger partial charge is 0.339 e. The molecular formula is C14H14O4. The van der Waals surface area contributed by atoms with Gasteiger partial charge in [0.05, 0.1) is 6.26 Å². The normalized spacial score (nSPS) is 12.3. The average molecular weight is 246 g/mol. The first-order chi connectivity index (χ1) is 8.63. The molecule has 2 aromatic rings. The third-order valence-corrected chi connectivity index (χ3v) is 2.74. The molecule has 1 atom stereocenters. The van der Waals surface area contributed by atoms with Crippen LogP contribution in [0.15, 0.2) is 41.0 Å². The standard InChI is InChI=1S/C14H14O4/c1-9-4-3-5-10(8-9)12(17-2)13-11(14(15)16)6-7-18-13/h3-8,12H,1-2H3,(H,15,16). The average Bonchev–Trinajstić information content (AvgIpc) is 2.79. The number of carboxylic acid groups (broad SMARTS) is 1. The molecule has 1 aromatic carbocycles. The van der Waals surface area contributed by atoms with E-state index in [0.29, 0.717) is 5.76 Å². The van der Waals surface area contributed by atoms with Crippen molar-refractivity contribution in [3.8, 4) is 0 Å². The summed E-state index contributed by atoms with van der Waals surface area (Å²) in [4.78, 5) is 11.1. The lowest BCUT2D eigenvalue weighted by molar-refractivity contribution is 0.0679. The maximum atomic E-state index is 11.1. The Balaban J connectivity index is 2.45. The van der Waals surface area contributed by atoms with Crippen molar-refractivity contribution < 1.29 is 19.1 Å². The van der Waals surface area contributed by atoms with Crippen LogP contribution in [0.1, 0.15) is 33.3 Å². The summed E-state index contributed by atoms with van der Waals surface area (Å²) < 4.78 is 10.6. The Morgan fingerprint density at radius 2 is 2.17 bits per heavy atom. The van der Waals surface area contributed by atoms with Crippen molar-refractivity contribution in [2.45, 2.75) is 13.0 Å². The van der Waals surface area contributed by atoms with Gasteiger partial charge in [-0.1, -0.05) is 29.8 Å². The van der Waals surface area contributed by atoms with E-state index in [9.17, 15) is 4.79 Å². The number of methoxy groups -OCH3 is 1. The van der Waals surface area contributed by atoms with Crippen LogP contribution < -0.4 is 0 Å². The van der Waals surface area contributed by atoms with E-state index < -0.39 is 12.1 Å². The number of ether oxygens (including phenoxy) is 1. The van der Waals surface area contributed by atoms with Gasteiger partial charge in [0.1, 0.15) is 11.7 Å². The minimum atomic E-state index is -1.02. The van der Waals surface area contributed by atoms with Gasteiger partial charge in [-0.15, -0.1) is 0 Å². The predicted molar refractivity (Wildman–Crippen MR) is 65.7 cm³/mol. The summed E-state index contributed by atoms with van der Waals surface area (Å²) in [6, 6.07) is 9.13. The Hall–Kier alpha value is -2.07. The van der Waals surface area contributed by atoms with Gasteiger partial charge in [-0.2, -0.15) is 0 Å². The molecule has 18 heavy (non-hydrogen) atoms. The molecule has 0 radical (unpaired) electrons. The number of hydrogen-bond acceptors (Lipinski definition) is 3. The number of rotatable bonds is 4. The van der Waals surface area contributed by atoms with Crippen LogP contribution >= 0.6 is 0 Å². The quantitative estimate of drug-likeness (QED) is 0.900. The first kappa shape index (κ1) is 12.4. The van der Waals surface area contributed by atoms with Crippen LogP contribution in [-0.4, -0.2) is 18.2 Å². The topological polar surface area (TPSA) is 59.7 Å². The molecule has 4 heteroatoms. The summed E-state index contributed by atoms with van der Waals surface area (Å²) in [6.07, 6.45) is 0.853. The monoisotopic (exact) mass is 246 g/mol. The SMILES string of the molecule is COC(c1cccc(C)c1)c1occc1C(=O)O. The molecule has 1 unspecified atom stereocenters. The summed E-state index contributed by atoms with van der Waals surface area (Å²) in [5, 5.41) is 9.08. The second-order valence-electron chi connectivity index (χ2n) is 4.03. The highest BCUT2D eigenvalue weighted by molar-refractivity contribution is 5.88. The van der Waals surface area contributed by atoms with Crippen LogP contribution in [0.3, 0.4) is 0 Å². The van der Waals surface area contributed by atoms with Crippen LogP contribution in [-0.2, 0) is 4.74 Å². The number of aromatic carboxylic acids is 1. The fraction of sp³-hybridized carbons (Fsp3) is 0.214. The second-order valence-corrected chi connectivity index (χ2v) is 4.03. The molecular weight excluding hydrogens is 232 g/mol. The van der Waals surface area contributed by atoms with Crippen LogP contribution in [0.4, 0.5) is 0 Å². The fourth-order valence-corrected chi connectivity index (χ4v) is 1.93. The Morgan fingerprint density at radius 3 is 2.78 bits per heavy atom. The van der Waals surface area contributed by atoms with Crippen molar-refractivity contribution in [3.05, 3.63) is 59.0 Å². The van der Waals surface area contributed by atoms with Crippen LogP contribution in [0.5, 0.6) is 0 Å². The van der Waals surface area contributed by atoms with Crippen molar-refractivity contribution >= 4 is 5.97 Å². The minimum absolute atomic E-state index is 0.128. The molecule has 0 amide bonds. The van der Waals surface area contributed by atoms with Crippen molar-refractivity contribution in [3.63, 3.8) is 0 Å². The summed E-state index contributed by atoms with van der Waals surface area (Å²) in [7, 11) is 1.53. The summed E-state index contributed by atoms with van der Waals surface area (Å²) in [5.41, 5.74) is 2.08. The Bertz CT molecular complexity index is 556. The first-order valence-corrected chi connectivity index (χ1v) is 5.53. The lowest BCUT2D eigenvalue weighted by Crippen LogP contribution is -2.08. The Labute approximate surface area is 105 Å². The van der Waals surface area contributed by atoms with Crippen LogP contribution in [0.2, 0.25) is 0 Å². The molecule has 4 nitrogen and oxygen atoms in total. The largest absolute Gasteiger partial charge is 0.478 e. The molecule has 0 fully saturated rings. The summed E-state index contributed by atoms with van der Waals surface area (Å²) in [6.45, 7) is 1.97. The van der Waals surface area contributed by atoms with Crippen molar-refractivity contribution in [2.75, 3.05) is 7.11 Å². The highest BCUT2D eigenvalue weighted by atomic mass is 16.5. The molecule has 2 rings (SSSR count). The van der Waals surface area contributed by atoms with Crippen molar-refractivity contribution in [2.24, 2.45) is 0 Å². The molecule has 0 aliphatic heterocycles. The molecule has 0 aliphatic carbocycles. The third-order valence-electron chi connectivity index (χ3n) is 2.74. The number of carboxylic acids is 1. The van der Waals surface area contributed by atoms with E-state index in [1.165, 1.54) is 19.4 Å². The van der Waals surface area contributed by atoms with E-state index in [1.807, 2.05) is 31.2 Å². The number of furan rings is 1. The molecule has 0 aliphatic rings. The highest BCUT2D eigenvalue weighted by Gasteiger charge is 2.24. The summed E-state index contributed by atoms with van der Waals surface area (Å²) >= 11 is 0. The van der Waals surface area contributed by atoms with Gasteiger partial charge in [0, 0.05) is 7.11 Å². The minimum Gasteiger partial charge on any atom is -0.478 e. The van der Waals surface area contributed by atoms with E-state index in [2.05, 4.69) is 0 Å². The highest BCUT2D eigenvalue weighted by Crippen LogP contribution is 2.29. The van der Waals surface area contributed by atoms with Crippen molar-refractivity contribution in [1.82, 2.24) is 0 Å². The van der Waals surface area contributed by atoms with E-state index in [1.54, 1.807) is 0 Å². The molecule has 0 saturated heterocycles. The van der Waals surface area contributed by atoms with Gasteiger partial charge in [-0.25, -0.2) is 4.79 Å². The molecule has 0 saturated carbocycles. The van der Waals surface area contributed by atoms with E-state index in [0.717, 1.165) is 11.1 Å². The lowest BCUT2D eigenvalue weighted by Gasteiger charge is -2.14. The van der Waals surface area contributed by atoms with Gasteiger partial charge >= 0.3 is 5.97 Å². The number of hydrogen-bond donors (Lipinski definition) is 1. The third kappa shape index (κ3) is 2.28. The zero-order valence-electron chi connectivity index (χ0n) is 10.2. The second kappa shape index (κ2) is 5.06. The first-order valence-electron chi connectivity index (χ1n) is 5.53. The molecule has 0 bridgehead atoms. The van der Waals surface area contributed by atoms with Crippen LogP contribution in [0, 0.1) is 6.92 Å². The molecule has 1 heterocycles. The van der Waals surface area contributed by atoms with Gasteiger partial charge in [0.2, 0.25) is 0 Å². The molecule has 1 N–H and O–H groups in total. The van der Waals surface area contributed by atoms with Gasteiger partial charge < -0.3 is 14.3 Å². The van der Waals surface area contributed by atoms with Crippen molar-refractivity contribution in [1.29, 1.82) is 0 Å². The number of aryl methyl sites for hydroxylation is 1.